The summed E-state index contributed by atoms with van der Waals surface area (Å²) in [5, 5.41) is 11.4. The number of carboxylic acids is 1. The standard InChI is InChI=1S/C12H23N3O4/c1-4-6-15(10-11(16)17)12(18)13-5-7-14(2)8-9-19-3/h4H,1,5-10H2,2-3H3,(H,13,18)(H,16,17). The Morgan fingerprint density at radius 3 is 2.63 bits per heavy atom. The summed E-state index contributed by atoms with van der Waals surface area (Å²) in [5.41, 5.74) is 0. The van der Waals surface area contributed by atoms with E-state index in [4.69, 9.17) is 9.84 Å². The number of amides is 2. The number of urea groups is 1. The summed E-state index contributed by atoms with van der Waals surface area (Å²) in [6.07, 6.45) is 1.49. The second-order valence-corrected chi connectivity index (χ2v) is 4.09. The van der Waals surface area contributed by atoms with Crippen molar-refractivity contribution in [2.45, 2.75) is 0 Å². The number of methoxy groups -OCH3 is 1. The molecule has 0 aliphatic carbocycles. The lowest BCUT2D eigenvalue weighted by molar-refractivity contribution is -0.137. The number of nitrogens with one attached hydrogen (secondary N) is 1. The first-order valence-corrected chi connectivity index (χ1v) is 6.04. The quantitative estimate of drug-likeness (QED) is 0.541. The second-order valence-electron chi connectivity index (χ2n) is 4.09. The smallest absolute Gasteiger partial charge is 0.323 e. The van der Waals surface area contributed by atoms with E-state index in [1.165, 1.54) is 11.0 Å². The molecule has 0 radical (unpaired) electrons. The van der Waals surface area contributed by atoms with Crippen molar-refractivity contribution < 1.29 is 19.4 Å². The normalized spacial score (nSPS) is 10.3. The molecule has 0 unspecified atom stereocenters. The van der Waals surface area contributed by atoms with Crippen LogP contribution in [0.1, 0.15) is 0 Å². The van der Waals surface area contributed by atoms with Gasteiger partial charge in [0, 0.05) is 33.3 Å². The van der Waals surface area contributed by atoms with E-state index in [0.717, 1.165) is 6.54 Å². The molecule has 0 aromatic carbocycles. The molecule has 0 aromatic heterocycles. The molecule has 2 amide bonds. The summed E-state index contributed by atoms with van der Waals surface area (Å²) in [6.45, 7) is 5.89. The highest BCUT2D eigenvalue weighted by molar-refractivity contribution is 5.80. The number of rotatable bonds is 10. The largest absolute Gasteiger partial charge is 0.480 e. The fraction of sp³-hybridized carbons (Fsp3) is 0.667. The molecule has 0 fully saturated rings. The Morgan fingerprint density at radius 1 is 1.42 bits per heavy atom. The zero-order chi connectivity index (χ0) is 14.7. The van der Waals surface area contributed by atoms with E-state index in [1.807, 2.05) is 11.9 Å². The first kappa shape index (κ1) is 17.4. The molecule has 0 bridgehead atoms. The summed E-state index contributed by atoms with van der Waals surface area (Å²) < 4.78 is 4.94. The minimum Gasteiger partial charge on any atom is -0.480 e. The third kappa shape index (κ3) is 9.04. The van der Waals surface area contributed by atoms with Gasteiger partial charge in [0.05, 0.1) is 6.61 Å². The lowest BCUT2D eigenvalue weighted by atomic mass is 10.4. The van der Waals surface area contributed by atoms with Crippen LogP contribution in [0.2, 0.25) is 0 Å². The molecule has 7 nitrogen and oxygen atoms in total. The molecule has 0 aromatic rings. The lowest BCUT2D eigenvalue weighted by Crippen LogP contribution is -2.45. The number of likely N-dealkylation sites (N-methyl/N-ethyl adjacent to an activating group) is 1. The van der Waals surface area contributed by atoms with E-state index >= 15 is 0 Å². The van der Waals surface area contributed by atoms with E-state index in [1.54, 1.807) is 7.11 Å². The van der Waals surface area contributed by atoms with Gasteiger partial charge in [-0.15, -0.1) is 6.58 Å². The van der Waals surface area contributed by atoms with Crippen molar-refractivity contribution in [2.24, 2.45) is 0 Å². The molecule has 0 saturated carbocycles. The van der Waals surface area contributed by atoms with Crippen LogP contribution in [-0.4, -0.2) is 80.4 Å². The van der Waals surface area contributed by atoms with Crippen molar-refractivity contribution in [3.63, 3.8) is 0 Å². The molecule has 0 spiro atoms. The number of aliphatic carboxylic acids is 1. The number of carbonyl (C=O) groups is 2. The Balaban J connectivity index is 3.98. The van der Waals surface area contributed by atoms with Crippen LogP contribution in [0.5, 0.6) is 0 Å². The van der Waals surface area contributed by atoms with Crippen LogP contribution in [0.15, 0.2) is 12.7 Å². The monoisotopic (exact) mass is 273 g/mol. The van der Waals surface area contributed by atoms with Crippen molar-refractivity contribution in [3.8, 4) is 0 Å². The zero-order valence-electron chi connectivity index (χ0n) is 11.6. The Morgan fingerprint density at radius 2 is 2.11 bits per heavy atom. The van der Waals surface area contributed by atoms with Gasteiger partial charge in [-0.05, 0) is 7.05 Å². The Kier molecular flexibility index (Phi) is 9.46. The van der Waals surface area contributed by atoms with Gasteiger partial charge in [-0.3, -0.25) is 4.79 Å². The molecule has 0 rings (SSSR count). The third-order valence-corrected chi connectivity index (χ3v) is 2.41. The molecule has 0 saturated heterocycles. The van der Waals surface area contributed by atoms with Crippen molar-refractivity contribution in [1.82, 2.24) is 15.1 Å². The van der Waals surface area contributed by atoms with Gasteiger partial charge in [0.15, 0.2) is 0 Å². The highest BCUT2D eigenvalue weighted by atomic mass is 16.5. The first-order valence-electron chi connectivity index (χ1n) is 6.04. The number of carboxylic acid groups (broad SMARTS) is 1. The molecular formula is C12H23N3O4. The van der Waals surface area contributed by atoms with Gasteiger partial charge in [-0.1, -0.05) is 6.08 Å². The summed E-state index contributed by atoms with van der Waals surface area (Å²) in [4.78, 5) is 25.5. The molecule has 0 heterocycles. The highest BCUT2D eigenvalue weighted by Crippen LogP contribution is 1.90. The van der Waals surface area contributed by atoms with Crippen molar-refractivity contribution in [2.75, 3.05) is 53.5 Å². The zero-order valence-corrected chi connectivity index (χ0v) is 11.6. The van der Waals surface area contributed by atoms with Gasteiger partial charge in [-0.25, -0.2) is 4.79 Å². The number of hydrogen-bond acceptors (Lipinski definition) is 4. The molecule has 19 heavy (non-hydrogen) atoms. The molecular weight excluding hydrogens is 250 g/mol. The summed E-state index contributed by atoms with van der Waals surface area (Å²) in [6, 6.07) is -0.401. The van der Waals surface area contributed by atoms with Gasteiger partial charge in [0.25, 0.3) is 0 Å². The molecule has 0 aliphatic heterocycles. The summed E-state index contributed by atoms with van der Waals surface area (Å²) in [5.74, 6) is -1.05. The number of ether oxygens (including phenoxy) is 1. The average Bonchev–Trinajstić information content (AvgIpc) is 2.35. The Bertz CT molecular complexity index is 297. The van der Waals surface area contributed by atoms with Crippen molar-refractivity contribution in [1.29, 1.82) is 0 Å². The summed E-state index contributed by atoms with van der Waals surface area (Å²) >= 11 is 0. The second kappa shape index (κ2) is 10.3. The fourth-order valence-corrected chi connectivity index (χ4v) is 1.36. The average molecular weight is 273 g/mol. The van der Waals surface area contributed by atoms with Crippen LogP contribution in [0.3, 0.4) is 0 Å². The van der Waals surface area contributed by atoms with E-state index in [9.17, 15) is 9.59 Å². The van der Waals surface area contributed by atoms with E-state index in [2.05, 4.69) is 11.9 Å². The Hall–Kier alpha value is -1.60. The van der Waals surface area contributed by atoms with Crippen molar-refractivity contribution >= 4 is 12.0 Å². The number of carbonyl (C=O) groups excluding carboxylic acids is 1. The van der Waals surface area contributed by atoms with Crippen LogP contribution in [0.25, 0.3) is 0 Å². The number of hydrogen-bond donors (Lipinski definition) is 2. The van der Waals surface area contributed by atoms with Gasteiger partial charge < -0.3 is 25.0 Å². The third-order valence-electron chi connectivity index (χ3n) is 2.41. The van der Waals surface area contributed by atoms with Gasteiger partial charge in [0.2, 0.25) is 0 Å². The maximum Gasteiger partial charge on any atom is 0.323 e. The predicted molar refractivity (Wildman–Crippen MR) is 72.2 cm³/mol. The van der Waals surface area contributed by atoms with Gasteiger partial charge >= 0.3 is 12.0 Å². The van der Waals surface area contributed by atoms with E-state index in [-0.39, 0.29) is 13.1 Å². The van der Waals surface area contributed by atoms with Crippen LogP contribution in [-0.2, 0) is 9.53 Å². The summed E-state index contributed by atoms with van der Waals surface area (Å²) in [7, 11) is 3.55. The topological polar surface area (TPSA) is 82.1 Å². The highest BCUT2D eigenvalue weighted by Gasteiger charge is 2.14. The van der Waals surface area contributed by atoms with Crippen molar-refractivity contribution in [3.05, 3.63) is 12.7 Å². The van der Waals surface area contributed by atoms with Crippen LogP contribution >= 0.6 is 0 Å². The van der Waals surface area contributed by atoms with Crippen LogP contribution in [0, 0.1) is 0 Å². The minimum absolute atomic E-state index is 0.206. The van der Waals surface area contributed by atoms with Gasteiger partial charge in [-0.2, -0.15) is 0 Å². The fourth-order valence-electron chi connectivity index (χ4n) is 1.36. The predicted octanol–water partition coefficient (Wildman–Crippen LogP) is -0.153. The van der Waals surface area contributed by atoms with Crippen LogP contribution < -0.4 is 5.32 Å². The minimum atomic E-state index is -1.05. The van der Waals surface area contributed by atoms with Gasteiger partial charge in [0.1, 0.15) is 6.54 Å². The SMILES string of the molecule is C=CCN(CC(=O)O)C(=O)NCCN(C)CCOC. The molecule has 110 valence electrons. The van der Waals surface area contributed by atoms with Crippen LogP contribution in [0.4, 0.5) is 4.79 Å². The van der Waals surface area contributed by atoms with E-state index < -0.39 is 12.0 Å². The molecule has 7 heteroatoms. The Labute approximate surface area is 113 Å². The van der Waals surface area contributed by atoms with E-state index in [0.29, 0.717) is 19.7 Å². The molecule has 0 atom stereocenters. The first-order chi connectivity index (χ1) is 9.01. The molecule has 0 aliphatic rings. The maximum absolute atomic E-state index is 11.7. The number of nitrogens with zero attached hydrogens (tertiary/aromatic N) is 2. The lowest BCUT2D eigenvalue weighted by Gasteiger charge is -2.21. The molecule has 2 N–H and O–H groups in total. The maximum atomic E-state index is 11.7.